The van der Waals surface area contributed by atoms with Gasteiger partial charge in [-0.25, -0.2) is 0 Å². The predicted octanol–water partition coefficient (Wildman–Crippen LogP) is 1.24. The van der Waals surface area contributed by atoms with E-state index in [-0.39, 0.29) is 5.75 Å². The van der Waals surface area contributed by atoms with E-state index in [0.29, 0.717) is 35.3 Å². The number of ether oxygens (including phenoxy) is 2. The molecule has 3 N–H and O–H groups in total. The van der Waals surface area contributed by atoms with Crippen LogP contribution in [-0.2, 0) is 4.74 Å². The first-order chi connectivity index (χ1) is 9.58. The van der Waals surface area contributed by atoms with Gasteiger partial charge in [0.25, 0.3) is 0 Å². The number of benzene rings is 1. The number of nitrogens with zero attached hydrogens (tertiary/aromatic N) is 1. The van der Waals surface area contributed by atoms with E-state index in [1.807, 2.05) is 0 Å². The second kappa shape index (κ2) is 8.34. The zero-order chi connectivity index (χ0) is 15.0. The third-order valence-electron chi connectivity index (χ3n) is 2.51. The molecule has 20 heavy (non-hydrogen) atoms. The molecule has 0 aliphatic rings. The second-order valence-corrected chi connectivity index (χ2v) is 4.35. The van der Waals surface area contributed by atoms with Crippen molar-refractivity contribution >= 4 is 23.0 Å². The SMILES string of the molecule is COCCNC(=S)N/N=C(\C)c1ccc(OC)cc1O. The lowest BCUT2D eigenvalue weighted by molar-refractivity contribution is 0.204. The first-order valence-corrected chi connectivity index (χ1v) is 6.43. The van der Waals surface area contributed by atoms with Crippen molar-refractivity contribution in [2.24, 2.45) is 5.10 Å². The van der Waals surface area contributed by atoms with Gasteiger partial charge in [0, 0.05) is 25.3 Å². The molecule has 0 fully saturated rings. The molecule has 0 aliphatic heterocycles. The highest BCUT2D eigenvalue weighted by Gasteiger charge is 2.06. The number of hydrogen-bond acceptors (Lipinski definition) is 5. The van der Waals surface area contributed by atoms with Crippen LogP contribution in [0.1, 0.15) is 12.5 Å². The molecule has 0 bridgehead atoms. The molecule has 1 rings (SSSR count). The fourth-order valence-corrected chi connectivity index (χ4v) is 1.59. The van der Waals surface area contributed by atoms with Crippen molar-refractivity contribution in [1.29, 1.82) is 0 Å². The molecular weight excluding hydrogens is 278 g/mol. The van der Waals surface area contributed by atoms with Crippen molar-refractivity contribution in [2.75, 3.05) is 27.4 Å². The highest BCUT2D eigenvalue weighted by molar-refractivity contribution is 7.80. The first kappa shape index (κ1) is 16.2. The molecule has 0 aromatic heterocycles. The lowest BCUT2D eigenvalue weighted by Crippen LogP contribution is -2.34. The van der Waals surface area contributed by atoms with E-state index in [1.54, 1.807) is 33.3 Å². The van der Waals surface area contributed by atoms with Crippen LogP contribution in [0.2, 0.25) is 0 Å². The van der Waals surface area contributed by atoms with Gasteiger partial charge < -0.3 is 19.9 Å². The number of hydrazone groups is 1. The monoisotopic (exact) mass is 297 g/mol. The molecule has 0 heterocycles. The smallest absolute Gasteiger partial charge is 0.187 e. The zero-order valence-corrected chi connectivity index (χ0v) is 12.6. The molecule has 0 aliphatic carbocycles. The molecule has 0 unspecified atom stereocenters. The van der Waals surface area contributed by atoms with Crippen molar-refractivity contribution in [1.82, 2.24) is 10.7 Å². The van der Waals surface area contributed by atoms with E-state index >= 15 is 0 Å². The van der Waals surface area contributed by atoms with Gasteiger partial charge in [0.1, 0.15) is 11.5 Å². The van der Waals surface area contributed by atoms with Gasteiger partial charge in [0.05, 0.1) is 19.4 Å². The van der Waals surface area contributed by atoms with Gasteiger partial charge in [0.2, 0.25) is 0 Å². The Hall–Kier alpha value is -1.86. The molecule has 7 heteroatoms. The third-order valence-corrected chi connectivity index (χ3v) is 2.75. The molecule has 0 radical (unpaired) electrons. The van der Waals surface area contributed by atoms with Crippen LogP contribution in [0.15, 0.2) is 23.3 Å². The fraction of sp³-hybridized carbons (Fsp3) is 0.385. The Morgan fingerprint density at radius 1 is 1.40 bits per heavy atom. The highest BCUT2D eigenvalue weighted by Crippen LogP contribution is 2.23. The molecule has 110 valence electrons. The van der Waals surface area contributed by atoms with E-state index in [9.17, 15) is 5.11 Å². The molecule has 0 atom stereocenters. The Kier molecular flexibility index (Phi) is 6.75. The standard InChI is InChI=1S/C13H19N3O3S/c1-9(15-16-13(20)14-6-7-18-2)11-5-4-10(19-3)8-12(11)17/h4-5,8,17H,6-7H2,1-3H3,(H2,14,16,20)/b15-9+. The van der Waals surface area contributed by atoms with Crippen LogP contribution < -0.4 is 15.5 Å². The normalized spacial score (nSPS) is 11.1. The number of thiocarbonyl (C=S) groups is 1. The molecular formula is C13H19N3O3S. The largest absolute Gasteiger partial charge is 0.507 e. The Bertz CT molecular complexity index is 492. The quantitative estimate of drug-likeness (QED) is 0.317. The average molecular weight is 297 g/mol. The topological polar surface area (TPSA) is 75.1 Å². The number of rotatable bonds is 6. The van der Waals surface area contributed by atoms with E-state index < -0.39 is 0 Å². The summed E-state index contributed by atoms with van der Waals surface area (Å²) in [6, 6.07) is 5.02. The maximum Gasteiger partial charge on any atom is 0.187 e. The van der Waals surface area contributed by atoms with Crippen LogP contribution >= 0.6 is 12.2 Å². The lowest BCUT2D eigenvalue weighted by Gasteiger charge is -2.09. The Morgan fingerprint density at radius 3 is 2.75 bits per heavy atom. The predicted molar refractivity (Wildman–Crippen MR) is 82.5 cm³/mol. The van der Waals surface area contributed by atoms with E-state index in [0.717, 1.165) is 0 Å². The molecule has 0 spiro atoms. The zero-order valence-electron chi connectivity index (χ0n) is 11.8. The van der Waals surface area contributed by atoms with Crippen LogP contribution in [0.25, 0.3) is 0 Å². The minimum Gasteiger partial charge on any atom is -0.507 e. The van der Waals surface area contributed by atoms with Gasteiger partial charge in [-0.1, -0.05) is 0 Å². The minimum absolute atomic E-state index is 0.102. The molecule has 1 aromatic rings. The second-order valence-electron chi connectivity index (χ2n) is 3.94. The summed E-state index contributed by atoms with van der Waals surface area (Å²) in [7, 11) is 3.16. The Morgan fingerprint density at radius 2 is 2.15 bits per heavy atom. The summed E-state index contributed by atoms with van der Waals surface area (Å²) < 4.78 is 9.92. The van der Waals surface area contributed by atoms with Crippen molar-refractivity contribution in [2.45, 2.75) is 6.92 Å². The van der Waals surface area contributed by atoms with Crippen LogP contribution in [0.3, 0.4) is 0 Å². The number of nitrogens with one attached hydrogen (secondary N) is 2. The Labute approximate surface area is 123 Å². The summed E-state index contributed by atoms with van der Waals surface area (Å²) in [5.74, 6) is 0.689. The van der Waals surface area contributed by atoms with E-state index in [1.165, 1.54) is 6.07 Å². The molecule has 0 amide bonds. The van der Waals surface area contributed by atoms with Crippen molar-refractivity contribution < 1.29 is 14.6 Å². The Balaban J connectivity index is 2.62. The summed E-state index contributed by atoms with van der Waals surface area (Å²) in [6.07, 6.45) is 0. The summed E-state index contributed by atoms with van der Waals surface area (Å²) in [5, 5.41) is 17.3. The summed E-state index contributed by atoms with van der Waals surface area (Å²) >= 11 is 5.04. The van der Waals surface area contributed by atoms with Gasteiger partial charge in [0.15, 0.2) is 5.11 Å². The molecule has 6 nitrogen and oxygen atoms in total. The molecule has 0 saturated carbocycles. The van der Waals surface area contributed by atoms with E-state index in [2.05, 4.69) is 15.8 Å². The maximum atomic E-state index is 9.88. The molecule has 0 saturated heterocycles. The number of phenols is 1. The van der Waals surface area contributed by atoms with Gasteiger partial charge in [-0.05, 0) is 31.3 Å². The van der Waals surface area contributed by atoms with Crippen LogP contribution in [0.5, 0.6) is 11.5 Å². The van der Waals surface area contributed by atoms with Gasteiger partial charge in [-0.3, -0.25) is 5.43 Å². The first-order valence-electron chi connectivity index (χ1n) is 6.03. The highest BCUT2D eigenvalue weighted by atomic mass is 32.1. The van der Waals surface area contributed by atoms with Gasteiger partial charge in [-0.2, -0.15) is 5.10 Å². The maximum absolute atomic E-state index is 9.88. The fourth-order valence-electron chi connectivity index (χ4n) is 1.45. The van der Waals surface area contributed by atoms with Gasteiger partial charge in [-0.15, -0.1) is 0 Å². The summed E-state index contributed by atoms with van der Waals surface area (Å²) in [5.41, 5.74) is 3.93. The molecule has 1 aromatic carbocycles. The third kappa shape index (κ3) is 5.02. The number of phenolic OH excluding ortho intramolecular Hbond substituents is 1. The van der Waals surface area contributed by atoms with Crippen molar-refractivity contribution in [3.05, 3.63) is 23.8 Å². The average Bonchev–Trinajstić information content (AvgIpc) is 2.44. The van der Waals surface area contributed by atoms with Crippen molar-refractivity contribution in [3.63, 3.8) is 0 Å². The van der Waals surface area contributed by atoms with E-state index in [4.69, 9.17) is 21.7 Å². The van der Waals surface area contributed by atoms with Gasteiger partial charge >= 0.3 is 0 Å². The number of hydrogen-bond donors (Lipinski definition) is 3. The summed E-state index contributed by atoms with van der Waals surface area (Å²) in [6.45, 7) is 2.93. The van der Waals surface area contributed by atoms with Crippen molar-refractivity contribution in [3.8, 4) is 11.5 Å². The lowest BCUT2D eigenvalue weighted by atomic mass is 10.1. The number of aromatic hydroxyl groups is 1. The van der Waals surface area contributed by atoms with Crippen LogP contribution in [0.4, 0.5) is 0 Å². The van der Waals surface area contributed by atoms with Crippen LogP contribution in [0, 0.1) is 0 Å². The summed E-state index contributed by atoms with van der Waals surface area (Å²) in [4.78, 5) is 0. The van der Waals surface area contributed by atoms with Crippen LogP contribution in [-0.4, -0.2) is 43.3 Å². The minimum atomic E-state index is 0.102. The number of methoxy groups -OCH3 is 2.